The Labute approximate surface area is 250 Å². The summed E-state index contributed by atoms with van der Waals surface area (Å²) in [6.07, 6.45) is 3.40. The van der Waals surface area contributed by atoms with Crippen LogP contribution in [0.25, 0.3) is 11.3 Å². The van der Waals surface area contributed by atoms with E-state index in [0.717, 1.165) is 22.1 Å². The second kappa shape index (κ2) is 13.0. The molecule has 0 saturated carbocycles. The molecule has 9 nitrogen and oxygen atoms in total. The van der Waals surface area contributed by atoms with Crippen molar-refractivity contribution >= 4 is 79.2 Å². The number of carbonyl (C=O) groups excluding carboxylic acids is 2. The number of rotatable bonds is 9. The monoisotopic (exact) mass is 750 g/mol. The van der Waals surface area contributed by atoms with Crippen molar-refractivity contribution in [1.82, 2.24) is 20.6 Å². The average Bonchev–Trinajstić information content (AvgIpc) is 3.39. The van der Waals surface area contributed by atoms with E-state index in [1.54, 1.807) is 36.7 Å². The van der Waals surface area contributed by atoms with Crippen LogP contribution in [-0.2, 0) is 4.79 Å². The Morgan fingerprint density at radius 1 is 1.05 bits per heavy atom. The molecule has 4 rings (SSSR count). The van der Waals surface area contributed by atoms with Crippen LogP contribution in [0.1, 0.15) is 21.8 Å². The number of thiazole rings is 1. The predicted octanol–water partition coefficient (Wildman–Crippen LogP) is 5.02. The highest BCUT2D eigenvalue weighted by atomic mass is 127. The van der Waals surface area contributed by atoms with Gasteiger partial charge in [-0.15, -0.1) is 11.3 Å². The van der Waals surface area contributed by atoms with Gasteiger partial charge in [0.2, 0.25) is 5.91 Å². The molecule has 0 aliphatic carbocycles. The van der Waals surface area contributed by atoms with Gasteiger partial charge in [-0.1, -0.05) is 12.1 Å². The van der Waals surface area contributed by atoms with Crippen LogP contribution in [0.5, 0.6) is 5.75 Å². The average molecular weight is 750 g/mol. The molecular formula is C26H20I2N6O3S. The van der Waals surface area contributed by atoms with Crippen molar-refractivity contribution < 1.29 is 14.7 Å². The van der Waals surface area contributed by atoms with E-state index in [9.17, 15) is 14.7 Å². The zero-order valence-electron chi connectivity index (χ0n) is 19.6. The van der Waals surface area contributed by atoms with Crippen molar-refractivity contribution in [1.29, 1.82) is 5.26 Å². The Balaban J connectivity index is 1.44. The molecule has 38 heavy (non-hydrogen) atoms. The van der Waals surface area contributed by atoms with Crippen molar-refractivity contribution in [2.24, 2.45) is 0 Å². The number of phenolic OH excluding ortho intramolecular Hbond substituents is 1. The quantitative estimate of drug-likeness (QED) is 0.139. The van der Waals surface area contributed by atoms with E-state index in [1.165, 1.54) is 11.3 Å². The first-order valence-electron chi connectivity index (χ1n) is 11.2. The highest BCUT2D eigenvalue weighted by molar-refractivity contribution is 14.1. The van der Waals surface area contributed by atoms with Crippen LogP contribution in [0.4, 0.5) is 10.8 Å². The van der Waals surface area contributed by atoms with Crippen molar-refractivity contribution in [3.63, 3.8) is 0 Å². The Morgan fingerprint density at radius 3 is 2.39 bits per heavy atom. The number of nitriles is 1. The summed E-state index contributed by atoms with van der Waals surface area (Å²) in [7, 11) is 0. The number of anilines is 2. The lowest BCUT2D eigenvalue weighted by Crippen LogP contribution is -2.37. The molecule has 0 radical (unpaired) electrons. The molecule has 0 saturated heterocycles. The summed E-state index contributed by atoms with van der Waals surface area (Å²) in [6.45, 7) is -0.127. The standard InChI is InChI=1S/C26H20I2N6O3S/c27-20-11-17(12-21(28)23(20)35)19(25(37)31-10-7-29)13-32-24(36)16-3-1-15(2-4-16)22-14-38-26(34-22)33-18-5-8-30-9-6-18/h1-6,8-9,11-12,14,19,35H,10,13H2,(H,31,37)(H,32,36)(H,30,33,34). The number of aromatic hydroxyl groups is 1. The number of nitrogens with one attached hydrogen (secondary N) is 3. The molecule has 12 heteroatoms. The Morgan fingerprint density at radius 2 is 1.74 bits per heavy atom. The van der Waals surface area contributed by atoms with Crippen LogP contribution in [0, 0.1) is 18.5 Å². The van der Waals surface area contributed by atoms with Gasteiger partial charge in [0, 0.05) is 41.1 Å². The molecule has 0 spiro atoms. The molecule has 2 aromatic heterocycles. The number of benzene rings is 2. The number of nitrogens with zero attached hydrogens (tertiary/aromatic N) is 3. The van der Waals surface area contributed by atoms with Gasteiger partial charge in [-0.2, -0.15) is 5.26 Å². The van der Waals surface area contributed by atoms with Gasteiger partial charge in [0.05, 0.1) is 24.8 Å². The molecule has 2 amide bonds. The molecule has 0 aliphatic rings. The van der Waals surface area contributed by atoms with Crippen LogP contribution < -0.4 is 16.0 Å². The molecule has 1 atom stereocenters. The molecular weight excluding hydrogens is 730 g/mol. The molecule has 4 N–H and O–H groups in total. The fourth-order valence-corrected chi connectivity index (χ4v) is 6.07. The summed E-state index contributed by atoms with van der Waals surface area (Å²) in [6, 6.07) is 16.0. The molecule has 1 unspecified atom stereocenters. The van der Waals surface area contributed by atoms with Crippen LogP contribution >= 0.6 is 56.5 Å². The number of hydrogen-bond donors (Lipinski definition) is 4. The van der Waals surface area contributed by atoms with E-state index in [-0.39, 0.29) is 30.7 Å². The second-order valence-corrected chi connectivity index (χ2v) is 11.1. The highest BCUT2D eigenvalue weighted by Crippen LogP contribution is 2.31. The fourth-order valence-electron chi connectivity index (χ4n) is 3.51. The lowest BCUT2D eigenvalue weighted by Gasteiger charge is -2.18. The number of halogens is 2. The number of pyridine rings is 1. The molecule has 2 aromatic carbocycles. The number of phenols is 1. The zero-order chi connectivity index (χ0) is 27.1. The first kappa shape index (κ1) is 27.7. The van der Waals surface area contributed by atoms with Gasteiger partial charge in [-0.05, 0) is 87.1 Å². The van der Waals surface area contributed by atoms with Gasteiger partial charge >= 0.3 is 0 Å². The van der Waals surface area contributed by atoms with E-state index in [2.05, 4.69) is 25.9 Å². The topological polar surface area (TPSA) is 140 Å². The summed E-state index contributed by atoms with van der Waals surface area (Å²) >= 11 is 5.45. The normalized spacial score (nSPS) is 11.3. The molecule has 2 heterocycles. The minimum absolute atomic E-state index is 0.0188. The third-order valence-electron chi connectivity index (χ3n) is 5.45. The molecule has 0 aliphatic heterocycles. The van der Waals surface area contributed by atoms with Crippen LogP contribution in [0.3, 0.4) is 0 Å². The number of aromatic nitrogens is 2. The van der Waals surface area contributed by atoms with Gasteiger partial charge in [-0.3, -0.25) is 14.6 Å². The first-order valence-corrected chi connectivity index (χ1v) is 14.2. The fraction of sp³-hybridized carbons (Fsp3) is 0.115. The summed E-state index contributed by atoms with van der Waals surface area (Å²) < 4.78 is 1.18. The molecule has 4 aromatic rings. The van der Waals surface area contributed by atoms with E-state index in [0.29, 0.717) is 18.3 Å². The van der Waals surface area contributed by atoms with Gasteiger partial charge < -0.3 is 21.1 Å². The first-order chi connectivity index (χ1) is 18.4. The zero-order valence-corrected chi connectivity index (χ0v) is 24.7. The van der Waals surface area contributed by atoms with Crippen LogP contribution in [0.2, 0.25) is 0 Å². The summed E-state index contributed by atoms with van der Waals surface area (Å²) in [5, 5.41) is 30.2. The number of amides is 2. The van der Waals surface area contributed by atoms with Crippen LogP contribution in [-0.4, -0.2) is 40.0 Å². The van der Waals surface area contributed by atoms with Gasteiger partial charge in [0.25, 0.3) is 5.91 Å². The number of hydrogen-bond acceptors (Lipinski definition) is 8. The lowest BCUT2D eigenvalue weighted by molar-refractivity contribution is -0.122. The van der Waals surface area contributed by atoms with E-state index >= 15 is 0 Å². The van der Waals surface area contributed by atoms with Gasteiger partial charge in [0.1, 0.15) is 12.3 Å². The summed E-state index contributed by atoms with van der Waals surface area (Å²) in [5.74, 6) is -1.33. The van der Waals surface area contributed by atoms with Gasteiger partial charge in [0.15, 0.2) is 5.13 Å². The van der Waals surface area contributed by atoms with Gasteiger partial charge in [-0.25, -0.2) is 4.98 Å². The van der Waals surface area contributed by atoms with Crippen molar-refractivity contribution in [3.8, 4) is 23.1 Å². The Bertz CT molecular complexity index is 1470. The number of carbonyl (C=O) groups is 2. The minimum atomic E-state index is -0.740. The van der Waals surface area contributed by atoms with Crippen molar-refractivity contribution in [3.05, 3.63) is 84.6 Å². The van der Waals surface area contributed by atoms with Crippen LogP contribution in [0.15, 0.2) is 66.3 Å². The summed E-state index contributed by atoms with van der Waals surface area (Å²) in [5.41, 5.74) is 3.60. The van der Waals surface area contributed by atoms with Crippen molar-refractivity contribution in [2.75, 3.05) is 18.4 Å². The summed E-state index contributed by atoms with van der Waals surface area (Å²) in [4.78, 5) is 34.3. The third-order valence-corrected chi connectivity index (χ3v) is 7.85. The molecule has 0 fully saturated rings. The van der Waals surface area contributed by atoms with E-state index in [4.69, 9.17) is 5.26 Å². The maximum Gasteiger partial charge on any atom is 0.251 e. The second-order valence-electron chi connectivity index (χ2n) is 7.95. The van der Waals surface area contributed by atoms with E-state index in [1.807, 2.05) is 80.9 Å². The molecule has 192 valence electrons. The Hall–Kier alpha value is -3.29. The minimum Gasteiger partial charge on any atom is -0.506 e. The SMILES string of the molecule is N#CCNC(=O)C(CNC(=O)c1ccc(-c2csc(Nc3ccncc3)n2)cc1)c1cc(I)c(O)c(I)c1. The molecule has 0 bridgehead atoms. The third kappa shape index (κ3) is 6.97. The Kier molecular flexibility index (Phi) is 9.48. The highest BCUT2D eigenvalue weighted by Gasteiger charge is 2.23. The van der Waals surface area contributed by atoms with E-state index < -0.39 is 5.92 Å². The largest absolute Gasteiger partial charge is 0.506 e. The predicted molar refractivity (Wildman–Crippen MR) is 162 cm³/mol. The maximum atomic E-state index is 12.9. The smallest absolute Gasteiger partial charge is 0.251 e. The maximum absolute atomic E-state index is 12.9. The van der Waals surface area contributed by atoms with Crippen molar-refractivity contribution in [2.45, 2.75) is 5.92 Å². The lowest BCUT2D eigenvalue weighted by atomic mass is 9.97.